The second-order valence-electron chi connectivity index (χ2n) is 7.54. The zero-order chi connectivity index (χ0) is 19.4. The molecule has 1 aliphatic carbocycles. The van der Waals surface area contributed by atoms with Crippen molar-refractivity contribution in [2.24, 2.45) is 0 Å². The summed E-state index contributed by atoms with van der Waals surface area (Å²) in [5.41, 5.74) is 2.46. The molecule has 7 heteroatoms. The van der Waals surface area contributed by atoms with Gasteiger partial charge in [0.2, 0.25) is 0 Å². The van der Waals surface area contributed by atoms with Crippen LogP contribution in [0.15, 0.2) is 24.3 Å². The van der Waals surface area contributed by atoms with Crippen LogP contribution in [0.25, 0.3) is 0 Å². The van der Waals surface area contributed by atoms with E-state index in [0.29, 0.717) is 0 Å². The molecule has 1 saturated heterocycles. The Kier molecular flexibility index (Phi) is 6.21. The van der Waals surface area contributed by atoms with E-state index in [4.69, 9.17) is 5.11 Å². The monoisotopic (exact) mass is 374 g/mol. The Morgan fingerprint density at radius 2 is 1.78 bits per heavy atom. The number of nitrogens with one attached hydrogen (secondary N) is 1. The molecule has 148 valence electrons. The molecule has 0 unspecified atom stereocenters. The summed E-state index contributed by atoms with van der Waals surface area (Å²) in [4.78, 5) is 29.6. The number of piperazine rings is 1. The van der Waals surface area contributed by atoms with Gasteiger partial charge in [-0.1, -0.05) is 24.6 Å². The molecule has 0 aromatic heterocycles. The SMILES string of the molecule is CCN(CC(=O)O)C1CC(NC(=O)N2CCN(c3ccc(C)cc3)CC2)C1. The van der Waals surface area contributed by atoms with Crippen molar-refractivity contribution >= 4 is 17.7 Å². The molecule has 2 aliphatic rings. The van der Waals surface area contributed by atoms with Gasteiger partial charge in [0.1, 0.15) is 0 Å². The highest BCUT2D eigenvalue weighted by Gasteiger charge is 2.35. The van der Waals surface area contributed by atoms with Crippen LogP contribution in [-0.2, 0) is 4.79 Å². The lowest BCUT2D eigenvalue weighted by atomic mass is 9.85. The molecule has 1 heterocycles. The normalized spacial score (nSPS) is 22.5. The van der Waals surface area contributed by atoms with E-state index >= 15 is 0 Å². The summed E-state index contributed by atoms with van der Waals surface area (Å²) >= 11 is 0. The molecule has 7 nitrogen and oxygen atoms in total. The molecule has 3 rings (SSSR count). The average molecular weight is 374 g/mol. The Labute approximate surface area is 160 Å². The summed E-state index contributed by atoms with van der Waals surface area (Å²) in [6.07, 6.45) is 1.66. The van der Waals surface area contributed by atoms with Gasteiger partial charge in [-0.2, -0.15) is 0 Å². The lowest BCUT2D eigenvalue weighted by Crippen LogP contribution is -2.59. The molecule has 2 fully saturated rings. The molecule has 1 aromatic rings. The van der Waals surface area contributed by atoms with Crippen LogP contribution >= 0.6 is 0 Å². The van der Waals surface area contributed by atoms with Crippen molar-refractivity contribution in [2.45, 2.75) is 38.8 Å². The molecular weight excluding hydrogens is 344 g/mol. The molecule has 27 heavy (non-hydrogen) atoms. The third kappa shape index (κ3) is 4.91. The lowest BCUT2D eigenvalue weighted by molar-refractivity contribution is -0.139. The Bertz CT molecular complexity index is 650. The number of amides is 2. The van der Waals surface area contributed by atoms with Crippen molar-refractivity contribution in [3.8, 4) is 0 Å². The smallest absolute Gasteiger partial charge is 0.317 e. The van der Waals surface area contributed by atoms with Gasteiger partial charge in [-0.05, 0) is 38.4 Å². The number of rotatable bonds is 6. The Balaban J connectivity index is 1.40. The fourth-order valence-corrected chi connectivity index (χ4v) is 3.87. The zero-order valence-electron chi connectivity index (χ0n) is 16.2. The van der Waals surface area contributed by atoms with Gasteiger partial charge < -0.3 is 20.2 Å². The molecule has 0 atom stereocenters. The van der Waals surface area contributed by atoms with Crippen molar-refractivity contribution < 1.29 is 14.7 Å². The standard InChI is InChI=1S/C20H30N4O3/c1-3-22(14-19(25)26)18-12-16(13-18)21-20(27)24-10-8-23(9-11-24)17-6-4-15(2)5-7-17/h4-7,16,18H,3,8-14H2,1-2H3,(H,21,27)(H,25,26). The molecule has 2 amide bonds. The molecule has 0 radical (unpaired) electrons. The van der Waals surface area contributed by atoms with Crippen molar-refractivity contribution in [3.05, 3.63) is 29.8 Å². The molecule has 1 saturated carbocycles. The van der Waals surface area contributed by atoms with Crippen LogP contribution in [-0.4, -0.2) is 78.3 Å². The summed E-state index contributed by atoms with van der Waals surface area (Å²) in [6.45, 7) is 7.96. The number of anilines is 1. The number of urea groups is 1. The highest BCUT2D eigenvalue weighted by Crippen LogP contribution is 2.26. The van der Waals surface area contributed by atoms with Crippen molar-refractivity contribution in [2.75, 3.05) is 44.2 Å². The fraction of sp³-hybridized carbons (Fsp3) is 0.600. The van der Waals surface area contributed by atoms with Gasteiger partial charge in [0.15, 0.2) is 0 Å². The number of carboxylic acid groups (broad SMARTS) is 1. The predicted molar refractivity (Wildman–Crippen MR) is 105 cm³/mol. The van der Waals surface area contributed by atoms with Crippen molar-refractivity contribution in [1.29, 1.82) is 0 Å². The quantitative estimate of drug-likeness (QED) is 0.794. The first-order valence-corrected chi connectivity index (χ1v) is 9.79. The summed E-state index contributed by atoms with van der Waals surface area (Å²) in [5.74, 6) is -0.796. The Morgan fingerprint density at radius 3 is 2.33 bits per heavy atom. The fourth-order valence-electron chi connectivity index (χ4n) is 3.87. The van der Waals surface area contributed by atoms with E-state index in [1.165, 1.54) is 11.3 Å². The molecule has 2 N–H and O–H groups in total. The van der Waals surface area contributed by atoms with Gasteiger partial charge in [0.25, 0.3) is 0 Å². The number of hydrogen-bond donors (Lipinski definition) is 2. The van der Waals surface area contributed by atoms with Gasteiger partial charge in [0.05, 0.1) is 6.54 Å². The largest absolute Gasteiger partial charge is 0.480 e. The van der Waals surface area contributed by atoms with Gasteiger partial charge in [-0.3, -0.25) is 9.69 Å². The number of carbonyl (C=O) groups excluding carboxylic acids is 1. The molecule has 0 bridgehead atoms. The van der Waals surface area contributed by atoms with E-state index in [9.17, 15) is 9.59 Å². The maximum atomic E-state index is 12.5. The van der Waals surface area contributed by atoms with E-state index in [-0.39, 0.29) is 24.7 Å². The van der Waals surface area contributed by atoms with Crippen LogP contribution in [0.2, 0.25) is 0 Å². The average Bonchev–Trinajstić information content (AvgIpc) is 2.63. The topological polar surface area (TPSA) is 76.1 Å². The van der Waals surface area contributed by atoms with Crippen molar-refractivity contribution in [3.63, 3.8) is 0 Å². The number of carbonyl (C=O) groups is 2. The Hall–Kier alpha value is -2.28. The third-order valence-electron chi connectivity index (χ3n) is 5.67. The summed E-state index contributed by atoms with van der Waals surface area (Å²) in [7, 11) is 0. The highest BCUT2D eigenvalue weighted by molar-refractivity contribution is 5.75. The van der Waals surface area contributed by atoms with Gasteiger partial charge in [-0.25, -0.2) is 4.79 Å². The summed E-state index contributed by atoms with van der Waals surface area (Å²) in [6, 6.07) is 8.92. The van der Waals surface area contributed by atoms with Gasteiger partial charge >= 0.3 is 12.0 Å². The minimum Gasteiger partial charge on any atom is -0.480 e. The number of hydrogen-bond acceptors (Lipinski definition) is 4. The predicted octanol–water partition coefficient (Wildman–Crippen LogP) is 1.76. The van der Waals surface area contributed by atoms with E-state index in [2.05, 4.69) is 41.4 Å². The number of aliphatic carboxylic acids is 1. The number of nitrogens with zero attached hydrogens (tertiary/aromatic N) is 3. The molecule has 1 aromatic carbocycles. The minimum atomic E-state index is -0.796. The second-order valence-corrected chi connectivity index (χ2v) is 7.54. The van der Waals surface area contributed by atoms with Crippen molar-refractivity contribution in [1.82, 2.24) is 15.1 Å². The molecule has 0 spiro atoms. The van der Waals surface area contributed by atoms with Gasteiger partial charge in [0, 0.05) is 44.0 Å². The first-order valence-electron chi connectivity index (χ1n) is 9.79. The molecule has 1 aliphatic heterocycles. The first-order chi connectivity index (χ1) is 13.0. The Morgan fingerprint density at radius 1 is 1.15 bits per heavy atom. The second kappa shape index (κ2) is 8.61. The number of carboxylic acids is 1. The number of benzene rings is 1. The van der Waals surface area contributed by atoms with Crippen LogP contribution in [0, 0.1) is 6.92 Å². The van der Waals surface area contributed by atoms with Crippen LogP contribution in [0.3, 0.4) is 0 Å². The van der Waals surface area contributed by atoms with E-state index in [0.717, 1.165) is 45.6 Å². The number of aryl methyl sites for hydroxylation is 1. The van der Waals surface area contributed by atoms with Crippen LogP contribution < -0.4 is 10.2 Å². The van der Waals surface area contributed by atoms with Gasteiger partial charge in [-0.15, -0.1) is 0 Å². The van der Waals surface area contributed by atoms with Crippen LogP contribution in [0.5, 0.6) is 0 Å². The maximum Gasteiger partial charge on any atom is 0.317 e. The zero-order valence-corrected chi connectivity index (χ0v) is 16.2. The third-order valence-corrected chi connectivity index (χ3v) is 5.67. The maximum absolute atomic E-state index is 12.5. The van der Waals surface area contributed by atoms with E-state index < -0.39 is 5.97 Å². The minimum absolute atomic E-state index is 0.00305. The van der Waals surface area contributed by atoms with Crippen LogP contribution in [0.1, 0.15) is 25.3 Å². The number of likely N-dealkylation sites (N-methyl/N-ethyl adjacent to an activating group) is 1. The highest BCUT2D eigenvalue weighted by atomic mass is 16.4. The summed E-state index contributed by atoms with van der Waals surface area (Å²) < 4.78 is 0. The summed E-state index contributed by atoms with van der Waals surface area (Å²) in [5, 5.41) is 12.1. The van der Waals surface area contributed by atoms with Crippen LogP contribution in [0.4, 0.5) is 10.5 Å². The lowest BCUT2D eigenvalue weighted by Gasteiger charge is -2.43. The molecular formula is C20H30N4O3. The van der Waals surface area contributed by atoms with E-state index in [1.54, 1.807) is 0 Å². The van der Waals surface area contributed by atoms with E-state index in [1.807, 2.05) is 16.7 Å². The first kappa shape index (κ1) is 19.5.